The van der Waals surface area contributed by atoms with Crippen LogP contribution in [0.5, 0.6) is 0 Å². The van der Waals surface area contributed by atoms with Gasteiger partial charge >= 0.3 is 6.09 Å². The molecule has 0 bridgehead atoms. The molecule has 5 rings (SSSR count). The first kappa shape index (κ1) is 27.5. The molecule has 0 aliphatic heterocycles. The second-order valence-electron chi connectivity index (χ2n) is 11.5. The first-order chi connectivity index (χ1) is 19.0. The minimum Gasteiger partial charge on any atom is -0.444 e. The minimum absolute atomic E-state index is 0.219. The number of amides is 1. The number of furan rings is 1. The molecule has 0 saturated heterocycles. The number of hydrogen-bond donors (Lipinski definition) is 3. The van der Waals surface area contributed by atoms with Gasteiger partial charge in [0.1, 0.15) is 16.7 Å². The SMILES string of the molecule is CC(O)CNc1nc2oc(-c3ccc(C4(NC(=O)OC(C)(C)C)CCC4)cc3)c(-c3ccccc3)c2c(=O)n1C. The van der Waals surface area contributed by atoms with Crippen molar-refractivity contribution in [3.8, 4) is 22.5 Å². The average Bonchev–Trinajstić information content (AvgIpc) is 3.26. The average molecular weight is 545 g/mol. The van der Waals surface area contributed by atoms with Crippen LogP contribution in [0.4, 0.5) is 10.7 Å². The van der Waals surface area contributed by atoms with Gasteiger partial charge in [-0.25, -0.2) is 4.79 Å². The van der Waals surface area contributed by atoms with Crippen LogP contribution in [0.15, 0.2) is 63.8 Å². The van der Waals surface area contributed by atoms with E-state index in [1.807, 2.05) is 75.4 Å². The Kier molecular flexibility index (Phi) is 7.18. The topological polar surface area (TPSA) is 119 Å². The largest absolute Gasteiger partial charge is 0.444 e. The van der Waals surface area contributed by atoms with Crippen molar-refractivity contribution in [2.75, 3.05) is 11.9 Å². The summed E-state index contributed by atoms with van der Waals surface area (Å²) in [5.41, 5.74) is 2.20. The molecule has 1 aliphatic carbocycles. The third-order valence-electron chi connectivity index (χ3n) is 7.20. The van der Waals surface area contributed by atoms with E-state index in [4.69, 9.17) is 9.15 Å². The zero-order valence-corrected chi connectivity index (χ0v) is 23.6. The first-order valence-corrected chi connectivity index (χ1v) is 13.6. The van der Waals surface area contributed by atoms with Crippen molar-refractivity contribution in [1.29, 1.82) is 0 Å². The Balaban J connectivity index is 1.57. The molecule has 1 amide bonds. The van der Waals surface area contributed by atoms with Crippen molar-refractivity contribution in [2.24, 2.45) is 7.05 Å². The van der Waals surface area contributed by atoms with Gasteiger partial charge in [0.15, 0.2) is 0 Å². The number of aromatic nitrogens is 2. The van der Waals surface area contributed by atoms with Gasteiger partial charge in [0.05, 0.1) is 11.6 Å². The normalized spacial score (nSPS) is 15.3. The molecule has 9 heteroatoms. The summed E-state index contributed by atoms with van der Waals surface area (Å²) in [6, 6.07) is 17.5. The fourth-order valence-corrected chi connectivity index (χ4v) is 5.07. The number of benzene rings is 2. The predicted molar refractivity (Wildman–Crippen MR) is 155 cm³/mol. The Bertz CT molecular complexity index is 1580. The van der Waals surface area contributed by atoms with Crippen LogP contribution in [0.3, 0.4) is 0 Å². The first-order valence-electron chi connectivity index (χ1n) is 13.6. The Hall–Kier alpha value is -4.11. The van der Waals surface area contributed by atoms with Gasteiger partial charge in [-0.1, -0.05) is 54.6 Å². The highest BCUT2D eigenvalue weighted by Gasteiger charge is 2.41. The minimum atomic E-state index is -0.609. The van der Waals surface area contributed by atoms with E-state index in [1.165, 1.54) is 4.57 Å². The van der Waals surface area contributed by atoms with Gasteiger partial charge in [0.25, 0.3) is 5.56 Å². The van der Waals surface area contributed by atoms with Crippen LogP contribution in [-0.2, 0) is 17.3 Å². The molecule has 4 aromatic rings. The molecule has 40 heavy (non-hydrogen) atoms. The number of fused-ring (bicyclic) bond motifs is 1. The molecule has 2 aromatic carbocycles. The fraction of sp³-hybridized carbons (Fsp3) is 0.387. The summed E-state index contributed by atoms with van der Waals surface area (Å²) in [7, 11) is 1.64. The molecule has 0 radical (unpaired) electrons. The monoisotopic (exact) mass is 544 g/mol. The number of aliphatic hydroxyl groups is 1. The van der Waals surface area contributed by atoms with E-state index >= 15 is 0 Å². The van der Waals surface area contributed by atoms with E-state index < -0.39 is 23.3 Å². The summed E-state index contributed by atoms with van der Waals surface area (Å²) in [5.74, 6) is 0.849. The lowest BCUT2D eigenvalue weighted by atomic mass is 9.71. The van der Waals surface area contributed by atoms with E-state index in [9.17, 15) is 14.7 Å². The number of carbonyl (C=O) groups is 1. The zero-order valence-electron chi connectivity index (χ0n) is 23.6. The third kappa shape index (κ3) is 5.34. The number of hydrogen-bond acceptors (Lipinski definition) is 7. The van der Waals surface area contributed by atoms with Gasteiger partial charge in [0, 0.05) is 24.7 Å². The standard InChI is InChI=1S/C31H36N4O5/c1-19(36)18-32-28-33-26-24(27(37)35(28)5)23(20-10-7-6-8-11-20)25(39-26)21-12-14-22(15-13-21)31(16-9-17-31)34-29(38)40-30(2,3)4/h6-8,10-15,19,36H,9,16-18H2,1-5H3,(H,32,33)(H,34,38). The number of rotatable bonds is 7. The van der Waals surface area contributed by atoms with E-state index in [-0.39, 0.29) is 17.8 Å². The molecule has 1 saturated carbocycles. The lowest BCUT2D eigenvalue weighted by Gasteiger charge is -2.43. The van der Waals surface area contributed by atoms with Crippen molar-refractivity contribution in [3.63, 3.8) is 0 Å². The van der Waals surface area contributed by atoms with Crippen LogP contribution < -0.4 is 16.2 Å². The smallest absolute Gasteiger partial charge is 0.408 e. The molecule has 2 heterocycles. The van der Waals surface area contributed by atoms with Gasteiger partial charge in [0.2, 0.25) is 11.7 Å². The highest BCUT2D eigenvalue weighted by Crippen LogP contribution is 2.43. The van der Waals surface area contributed by atoms with Crippen LogP contribution in [-0.4, -0.2) is 39.0 Å². The predicted octanol–water partition coefficient (Wildman–Crippen LogP) is 5.56. The molecule has 210 valence electrons. The third-order valence-corrected chi connectivity index (χ3v) is 7.20. The highest BCUT2D eigenvalue weighted by atomic mass is 16.6. The summed E-state index contributed by atoms with van der Waals surface area (Å²) in [6.07, 6.45) is 1.63. The summed E-state index contributed by atoms with van der Waals surface area (Å²) in [5, 5.41) is 16.2. The van der Waals surface area contributed by atoms with Crippen LogP contribution in [0.1, 0.15) is 52.5 Å². The van der Waals surface area contributed by atoms with E-state index in [2.05, 4.69) is 15.6 Å². The van der Waals surface area contributed by atoms with Gasteiger partial charge < -0.3 is 24.9 Å². The number of nitrogens with one attached hydrogen (secondary N) is 2. The maximum atomic E-state index is 13.6. The molecule has 1 fully saturated rings. The van der Waals surface area contributed by atoms with Crippen LogP contribution in [0.2, 0.25) is 0 Å². The van der Waals surface area contributed by atoms with Crippen molar-refractivity contribution < 1.29 is 19.1 Å². The molecule has 3 N–H and O–H groups in total. The van der Waals surface area contributed by atoms with E-state index in [1.54, 1.807) is 14.0 Å². The van der Waals surface area contributed by atoms with Gasteiger partial charge in [-0.15, -0.1) is 0 Å². The van der Waals surface area contributed by atoms with Crippen molar-refractivity contribution in [1.82, 2.24) is 14.9 Å². The van der Waals surface area contributed by atoms with Gasteiger partial charge in [-0.3, -0.25) is 9.36 Å². The lowest BCUT2D eigenvalue weighted by Crippen LogP contribution is -2.52. The van der Waals surface area contributed by atoms with E-state index in [0.717, 1.165) is 36.0 Å². The molecule has 1 atom stereocenters. The summed E-state index contributed by atoms with van der Waals surface area (Å²) in [4.78, 5) is 30.8. The Morgan fingerprint density at radius 2 is 1.80 bits per heavy atom. The molecule has 0 spiro atoms. The highest BCUT2D eigenvalue weighted by molar-refractivity contribution is 6.00. The maximum Gasteiger partial charge on any atom is 0.408 e. The summed E-state index contributed by atoms with van der Waals surface area (Å²) >= 11 is 0. The number of ether oxygens (including phenoxy) is 1. The maximum absolute atomic E-state index is 13.6. The van der Waals surface area contributed by atoms with Crippen molar-refractivity contribution in [3.05, 3.63) is 70.5 Å². The molecule has 1 aliphatic rings. The second kappa shape index (κ2) is 10.5. The van der Waals surface area contributed by atoms with Crippen LogP contribution in [0.25, 0.3) is 33.6 Å². The Morgan fingerprint density at radius 3 is 2.38 bits per heavy atom. The summed E-state index contributed by atoms with van der Waals surface area (Å²) in [6.45, 7) is 7.44. The number of carbonyl (C=O) groups excluding carboxylic acids is 1. The number of alkyl carbamates (subject to hydrolysis) is 1. The molecular formula is C31H36N4O5. The fourth-order valence-electron chi connectivity index (χ4n) is 5.07. The lowest BCUT2D eigenvalue weighted by molar-refractivity contribution is 0.0377. The summed E-state index contributed by atoms with van der Waals surface area (Å²) < 4.78 is 13.2. The van der Waals surface area contributed by atoms with Crippen LogP contribution in [0, 0.1) is 0 Å². The number of anilines is 1. The second-order valence-corrected chi connectivity index (χ2v) is 11.5. The molecule has 1 unspecified atom stereocenters. The van der Waals surface area contributed by atoms with Gasteiger partial charge in [-0.2, -0.15) is 4.98 Å². The van der Waals surface area contributed by atoms with Crippen LogP contribution >= 0.6 is 0 Å². The van der Waals surface area contributed by atoms with Gasteiger partial charge in [-0.05, 0) is 58.1 Å². The molecule has 2 aromatic heterocycles. The molecule has 9 nitrogen and oxygen atoms in total. The Morgan fingerprint density at radius 1 is 1.12 bits per heavy atom. The molecular weight excluding hydrogens is 508 g/mol. The quantitative estimate of drug-likeness (QED) is 0.279. The number of nitrogens with zero attached hydrogens (tertiary/aromatic N) is 2. The van der Waals surface area contributed by atoms with Crippen molar-refractivity contribution >= 4 is 23.1 Å². The Labute approximate surface area is 233 Å². The zero-order chi connectivity index (χ0) is 28.7. The number of aliphatic hydroxyl groups excluding tert-OH is 1. The van der Waals surface area contributed by atoms with Crippen molar-refractivity contribution in [2.45, 2.75) is 64.2 Å². The van der Waals surface area contributed by atoms with E-state index in [0.29, 0.717) is 22.7 Å².